The molecule has 4 atom stereocenters. The van der Waals surface area contributed by atoms with Crippen LogP contribution in [0.15, 0.2) is 134 Å². The minimum atomic E-state index is 0.272. The molecular weight excluding hydrogens is 589 g/mol. The Morgan fingerprint density at radius 1 is 0.776 bits per heavy atom. The molecule has 4 bridgehead atoms. The molecule has 0 nitrogen and oxygen atoms in total. The van der Waals surface area contributed by atoms with Crippen molar-refractivity contribution in [2.45, 2.75) is 97.3 Å². The van der Waals surface area contributed by atoms with E-state index in [9.17, 15) is 0 Å². The lowest BCUT2D eigenvalue weighted by molar-refractivity contribution is -0.139. The van der Waals surface area contributed by atoms with Gasteiger partial charge in [0.15, 0.2) is 0 Å². The second-order valence-corrected chi connectivity index (χ2v) is 15.5. The monoisotopic (exact) mass is 644 g/mol. The summed E-state index contributed by atoms with van der Waals surface area (Å²) in [5.41, 5.74) is 13.0. The molecule has 3 aromatic rings. The Morgan fingerprint density at radius 3 is 2.33 bits per heavy atom. The molecule has 0 heteroatoms. The highest BCUT2D eigenvalue weighted by atomic mass is 14.7. The van der Waals surface area contributed by atoms with Gasteiger partial charge in [-0.2, -0.15) is 0 Å². The van der Waals surface area contributed by atoms with Crippen LogP contribution < -0.4 is 0 Å². The van der Waals surface area contributed by atoms with Gasteiger partial charge in [-0.05, 0) is 149 Å². The molecule has 3 aromatic carbocycles. The quantitative estimate of drug-likeness (QED) is 0.250. The Bertz CT molecular complexity index is 1800. The maximum absolute atomic E-state index is 4.74. The average Bonchev–Trinajstić information content (AvgIpc) is 3.33. The van der Waals surface area contributed by atoms with Gasteiger partial charge in [-0.3, -0.25) is 0 Å². The van der Waals surface area contributed by atoms with Crippen molar-refractivity contribution >= 4 is 16.7 Å². The molecule has 1 fully saturated rings. The number of fused-ring (bicyclic) bond motifs is 8. The molecule has 5 aliphatic carbocycles. The molecule has 8 rings (SSSR count). The van der Waals surface area contributed by atoms with Gasteiger partial charge in [0.1, 0.15) is 0 Å². The third kappa shape index (κ3) is 6.33. The molecule has 5 aliphatic rings. The Morgan fingerprint density at radius 2 is 1.53 bits per heavy atom. The Kier molecular flexibility index (Phi) is 9.96. The molecule has 0 saturated heterocycles. The van der Waals surface area contributed by atoms with Crippen molar-refractivity contribution in [1.29, 1.82) is 0 Å². The third-order valence-electron chi connectivity index (χ3n) is 13.1. The molecule has 0 heterocycles. The summed E-state index contributed by atoms with van der Waals surface area (Å²) >= 11 is 0. The zero-order valence-electron chi connectivity index (χ0n) is 30.3. The molecule has 0 amide bonds. The lowest BCUT2D eigenvalue weighted by Crippen LogP contribution is -2.58. The lowest BCUT2D eigenvalue weighted by atomic mass is 9.38. The van der Waals surface area contributed by atoms with Crippen LogP contribution in [0, 0.1) is 22.7 Å². The van der Waals surface area contributed by atoms with E-state index in [0.717, 1.165) is 24.8 Å². The topological polar surface area (TPSA) is 0 Å². The number of rotatable bonds is 6. The second kappa shape index (κ2) is 14.5. The second-order valence-electron chi connectivity index (χ2n) is 15.5. The van der Waals surface area contributed by atoms with Crippen molar-refractivity contribution < 1.29 is 0 Å². The minimum Gasteiger partial charge on any atom is -0.0911 e. The third-order valence-corrected chi connectivity index (χ3v) is 13.1. The van der Waals surface area contributed by atoms with Gasteiger partial charge in [-0.25, -0.2) is 0 Å². The molecule has 4 unspecified atom stereocenters. The largest absolute Gasteiger partial charge is 0.0911 e. The Labute approximate surface area is 297 Å². The summed E-state index contributed by atoms with van der Waals surface area (Å²) in [7, 11) is 0. The summed E-state index contributed by atoms with van der Waals surface area (Å²) in [6.45, 7) is 12.1. The molecule has 0 aliphatic heterocycles. The van der Waals surface area contributed by atoms with Gasteiger partial charge in [0.25, 0.3) is 0 Å². The molecule has 1 saturated carbocycles. The first-order chi connectivity index (χ1) is 24.0. The fraction of sp³-hybridized carbons (Fsp3) is 0.388. The molecule has 0 aromatic heterocycles. The van der Waals surface area contributed by atoms with Crippen LogP contribution in [0.2, 0.25) is 0 Å². The van der Waals surface area contributed by atoms with E-state index in [1.54, 1.807) is 0 Å². The van der Waals surface area contributed by atoms with Crippen molar-refractivity contribution in [1.82, 2.24) is 0 Å². The minimum absolute atomic E-state index is 0.272. The Balaban J connectivity index is 1.39. The number of benzene rings is 3. The first-order valence-corrected chi connectivity index (χ1v) is 19.4. The zero-order valence-corrected chi connectivity index (χ0v) is 30.3. The van der Waals surface area contributed by atoms with Crippen LogP contribution in [0.3, 0.4) is 0 Å². The van der Waals surface area contributed by atoms with Crippen LogP contribution in [0.5, 0.6) is 0 Å². The number of unbranched alkanes of at least 4 members (excludes halogenated alkanes) is 1. The van der Waals surface area contributed by atoms with Gasteiger partial charge in [0.05, 0.1) is 0 Å². The van der Waals surface area contributed by atoms with Gasteiger partial charge < -0.3 is 0 Å². The maximum atomic E-state index is 4.74. The first-order valence-electron chi connectivity index (χ1n) is 19.4. The predicted octanol–water partition coefficient (Wildman–Crippen LogP) is 13.8. The van der Waals surface area contributed by atoms with E-state index in [1.807, 2.05) is 0 Å². The smallest absolute Gasteiger partial charge is 0.00356 e. The summed E-state index contributed by atoms with van der Waals surface area (Å²) in [4.78, 5) is 0. The summed E-state index contributed by atoms with van der Waals surface area (Å²) in [6, 6.07) is 29.6. The zero-order chi connectivity index (χ0) is 33.8. The molecule has 0 radical (unpaired) electrons. The van der Waals surface area contributed by atoms with Crippen molar-refractivity contribution in [3.8, 4) is 0 Å². The van der Waals surface area contributed by atoms with Gasteiger partial charge in [0, 0.05) is 0 Å². The van der Waals surface area contributed by atoms with E-state index in [2.05, 4.69) is 142 Å². The van der Waals surface area contributed by atoms with Crippen LogP contribution in [0.25, 0.3) is 16.7 Å². The van der Waals surface area contributed by atoms with E-state index in [4.69, 9.17) is 6.58 Å². The molecule has 1 spiro atoms. The fourth-order valence-electron chi connectivity index (χ4n) is 10.5. The maximum Gasteiger partial charge on any atom is -0.00356 e. The molecular formula is C49H56. The number of allylic oxidation sites excluding steroid dienone is 11. The lowest BCUT2D eigenvalue weighted by Gasteiger charge is -2.66. The van der Waals surface area contributed by atoms with Crippen LogP contribution in [0.1, 0.15) is 119 Å². The van der Waals surface area contributed by atoms with E-state index in [-0.39, 0.29) is 10.8 Å². The highest BCUT2D eigenvalue weighted by molar-refractivity contribution is 5.87. The average molecular weight is 645 g/mol. The van der Waals surface area contributed by atoms with Crippen LogP contribution in [-0.2, 0) is 6.42 Å². The number of hydrogen-bond acceptors (Lipinski definition) is 0. The summed E-state index contributed by atoms with van der Waals surface area (Å²) in [5.74, 6) is 1.54. The summed E-state index contributed by atoms with van der Waals surface area (Å²) in [6.07, 6.45) is 30.8. The van der Waals surface area contributed by atoms with Gasteiger partial charge in [0.2, 0.25) is 0 Å². The van der Waals surface area contributed by atoms with Crippen LogP contribution >= 0.6 is 0 Å². The molecule has 252 valence electrons. The van der Waals surface area contributed by atoms with Crippen molar-refractivity contribution in [3.05, 3.63) is 161 Å². The van der Waals surface area contributed by atoms with E-state index < -0.39 is 0 Å². The fourth-order valence-corrected chi connectivity index (χ4v) is 10.5. The summed E-state index contributed by atoms with van der Waals surface area (Å²) in [5, 5.41) is 0. The van der Waals surface area contributed by atoms with E-state index in [1.165, 1.54) is 95.9 Å². The summed E-state index contributed by atoms with van der Waals surface area (Å²) < 4.78 is 0. The Hall–Kier alpha value is -3.90. The highest BCUT2D eigenvalue weighted by Gasteiger charge is 2.62. The van der Waals surface area contributed by atoms with Crippen molar-refractivity contribution in [2.75, 3.05) is 0 Å². The van der Waals surface area contributed by atoms with Gasteiger partial charge in [-0.15, -0.1) is 0 Å². The van der Waals surface area contributed by atoms with Crippen LogP contribution in [0.4, 0.5) is 0 Å². The molecule has 0 N–H and O–H groups in total. The SMILES string of the molecule is C=C1C=C(c2ccccc2)C=CCCCC23CC(c4ccccc41)C2Cc1ccccc1C1=CC(C=CC(CCCC)=C1)CC3(CC)CC. The molecule has 49 heavy (non-hydrogen) atoms. The van der Waals surface area contributed by atoms with Crippen molar-refractivity contribution in [3.63, 3.8) is 0 Å². The number of hydrogen-bond donors (Lipinski definition) is 0. The standard InChI is InChI=1S/C49H56/c1-5-8-19-37-27-28-38-32-42(31-37)44-25-15-14-23-41(44)33-47-46-35-49(47,48(6-2,7-3)34-38)29-18-10-13-22-40(39-20-11-9-12-21-39)30-36(4)43-24-16-17-26-45(43)46/h9,11-17,20-28,30-32,38,46-47H,4-8,10,18-19,29,33-35H2,1-3H3. The van der Waals surface area contributed by atoms with Crippen molar-refractivity contribution in [2.24, 2.45) is 22.7 Å². The predicted molar refractivity (Wildman–Crippen MR) is 212 cm³/mol. The van der Waals surface area contributed by atoms with E-state index >= 15 is 0 Å². The van der Waals surface area contributed by atoms with Gasteiger partial charge >= 0.3 is 0 Å². The van der Waals surface area contributed by atoms with Crippen LogP contribution in [-0.4, -0.2) is 0 Å². The van der Waals surface area contributed by atoms with E-state index in [0.29, 0.717) is 17.8 Å². The highest BCUT2D eigenvalue weighted by Crippen LogP contribution is 2.71. The van der Waals surface area contributed by atoms with Gasteiger partial charge in [-0.1, -0.05) is 149 Å². The normalized spacial score (nSPS) is 26.1. The first kappa shape index (κ1) is 33.6.